The van der Waals surface area contributed by atoms with Crippen molar-refractivity contribution in [2.75, 3.05) is 19.8 Å². The van der Waals surface area contributed by atoms with Crippen LogP contribution in [0, 0.1) is 5.92 Å². The van der Waals surface area contributed by atoms with Gasteiger partial charge in [-0.3, -0.25) is 0 Å². The first-order valence-electron chi connectivity index (χ1n) is 13.2. The van der Waals surface area contributed by atoms with Gasteiger partial charge in [-0.1, -0.05) is 129 Å². The second kappa shape index (κ2) is 24.2. The van der Waals surface area contributed by atoms with Crippen molar-refractivity contribution >= 4 is 0 Å². The molecule has 0 bridgehead atoms. The maximum absolute atomic E-state index is 8.99. The van der Waals surface area contributed by atoms with Gasteiger partial charge in [-0.25, -0.2) is 0 Å². The molecule has 3 nitrogen and oxygen atoms in total. The first kappa shape index (κ1) is 28.9. The van der Waals surface area contributed by atoms with Gasteiger partial charge in [0, 0.05) is 6.61 Å². The molecule has 3 N–H and O–H groups in total. The van der Waals surface area contributed by atoms with E-state index in [9.17, 15) is 0 Å². The van der Waals surface area contributed by atoms with Crippen molar-refractivity contribution in [3.05, 3.63) is 0 Å². The number of ether oxygens (including phenoxy) is 1. The average Bonchev–Trinajstić information content (AvgIpc) is 2.73. The highest BCUT2D eigenvalue weighted by Crippen LogP contribution is 2.22. The molecule has 0 aliphatic rings. The molecule has 0 saturated carbocycles. The number of aliphatic hydroxyl groups is 1. The summed E-state index contributed by atoms with van der Waals surface area (Å²) in [7, 11) is 0. The minimum absolute atomic E-state index is 0.0135. The van der Waals surface area contributed by atoms with E-state index in [-0.39, 0.29) is 12.6 Å². The van der Waals surface area contributed by atoms with E-state index in [1.807, 2.05) is 0 Å². The van der Waals surface area contributed by atoms with Gasteiger partial charge in [0.2, 0.25) is 0 Å². The lowest BCUT2D eigenvalue weighted by molar-refractivity contribution is 0.0887. The van der Waals surface area contributed by atoms with Crippen molar-refractivity contribution in [2.24, 2.45) is 11.7 Å². The van der Waals surface area contributed by atoms with E-state index in [2.05, 4.69) is 13.8 Å². The third-order valence-electron chi connectivity index (χ3n) is 6.17. The van der Waals surface area contributed by atoms with Crippen molar-refractivity contribution in [1.29, 1.82) is 0 Å². The number of aliphatic hydroxyl groups excluding tert-OH is 1. The van der Waals surface area contributed by atoms with Gasteiger partial charge in [0.25, 0.3) is 0 Å². The Morgan fingerprint density at radius 1 is 0.621 bits per heavy atom. The molecule has 0 heterocycles. The fourth-order valence-corrected chi connectivity index (χ4v) is 4.10. The predicted molar refractivity (Wildman–Crippen MR) is 128 cm³/mol. The molecule has 0 spiro atoms. The molecule has 0 aliphatic carbocycles. The molecule has 0 unspecified atom stereocenters. The van der Waals surface area contributed by atoms with Crippen LogP contribution in [0.3, 0.4) is 0 Å². The fraction of sp³-hybridized carbons (Fsp3) is 1.00. The van der Waals surface area contributed by atoms with Crippen LogP contribution in [0.4, 0.5) is 0 Å². The molecule has 0 rings (SSSR count). The lowest BCUT2D eigenvalue weighted by Crippen LogP contribution is -2.30. The van der Waals surface area contributed by atoms with E-state index in [0.29, 0.717) is 6.61 Å². The monoisotopic (exact) mass is 413 g/mol. The Hall–Kier alpha value is -0.120. The summed E-state index contributed by atoms with van der Waals surface area (Å²) in [6.45, 7) is 5.86. The predicted octanol–water partition coefficient (Wildman–Crippen LogP) is 7.39. The van der Waals surface area contributed by atoms with E-state index in [1.165, 1.54) is 116 Å². The molecular weight excluding hydrogens is 358 g/mol. The van der Waals surface area contributed by atoms with Gasteiger partial charge < -0.3 is 15.6 Å². The Morgan fingerprint density at radius 2 is 1.03 bits per heavy atom. The van der Waals surface area contributed by atoms with Crippen LogP contribution in [0.1, 0.15) is 136 Å². The lowest BCUT2D eigenvalue weighted by Gasteiger charge is -2.18. The fourth-order valence-electron chi connectivity index (χ4n) is 4.10. The van der Waals surface area contributed by atoms with Gasteiger partial charge in [-0.15, -0.1) is 0 Å². The van der Waals surface area contributed by atoms with E-state index in [0.717, 1.165) is 18.9 Å². The summed E-state index contributed by atoms with van der Waals surface area (Å²) in [5, 5.41) is 8.99. The molecule has 3 heteroatoms. The van der Waals surface area contributed by atoms with Crippen molar-refractivity contribution in [2.45, 2.75) is 142 Å². The maximum atomic E-state index is 8.99. The Kier molecular flexibility index (Phi) is 24.1. The second-order valence-corrected chi connectivity index (χ2v) is 9.20. The third-order valence-corrected chi connectivity index (χ3v) is 6.17. The van der Waals surface area contributed by atoms with Gasteiger partial charge in [0.1, 0.15) is 0 Å². The molecule has 2 atom stereocenters. The SMILES string of the molecule is CCCCCCCCCCCCC[C@@H](CCCCCCC)CCOC[C@@H](N)CO. The molecule has 0 saturated heterocycles. The molecule has 0 aromatic heterocycles. The molecule has 176 valence electrons. The van der Waals surface area contributed by atoms with Crippen molar-refractivity contribution in [3.8, 4) is 0 Å². The molecule has 29 heavy (non-hydrogen) atoms. The minimum atomic E-state index is -0.228. The summed E-state index contributed by atoms with van der Waals surface area (Å²) in [4.78, 5) is 0. The summed E-state index contributed by atoms with van der Waals surface area (Å²) in [6, 6.07) is -0.228. The Labute approximate surface area is 183 Å². The summed E-state index contributed by atoms with van der Waals surface area (Å²) < 4.78 is 5.68. The lowest BCUT2D eigenvalue weighted by atomic mass is 9.91. The van der Waals surface area contributed by atoms with Gasteiger partial charge in [-0.05, 0) is 12.3 Å². The molecule has 0 radical (unpaired) electrons. The zero-order valence-corrected chi connectivity index (χ0v) is 20.1. The highest BCUT2D eigenvalue weighted by Gasteiger charge is 2.09. The number of rotatable bonds is 24. The van der Waals surface area contributed by atoms with Crippen molar-refractivity contribution in [1.82, 2.24) is 0 Å². The van der Waals surface area contributed by atoms with E-state index >= 15 is 0 Å². The van der Waals surface area contributed by atoms with Crippen LogP contribution in [0.2, 0.25) is 0 Å². The highest BCUT2D eigenvalue weighted by molar-refractivity contribution is 4.62. The highest BCUT2D eigenvalue weighted by atomic mass is 16.5. The van der Waals surface area contributed by atoms with E-state index in [1.54, 1.807) is 0 Å². The van der Waals surface area contributed by atoms with E-state index < -0.39 is 0 Å². The van der Waals surface area contributed by atoms with Gasteiger partial charge >= 0.3 is 0 Å². The first-order chi connectivity index (χ1) is 14.2. The van der Waals surface area contributed by atoms with Crippen LogP contribution >= 0.6 is 0 Å². The summed E-state index contributed by atoms with van der Waals surface area (Å²) in [6.07, 6.45) is 26.3. The Morgan fingerprint density at radius 3 is 1.45 bits per heavy atom. The topological polar surface area (TPSA) is 55.5 Å². The van der Waals surface area contributed by atoms with Gasteiger partial charge in [0.15, 0.2) is 0 Å². The van der Waals surface area contributed by atoms with Crippen LogP contribution in [0.5, 0.6) is 0 Å². The largest absolute Gasteiger partial charge is 0.395 e. The van der Waals surface area contributed by atoms with Crippen LogP contribution in [0.15, 0.2) is 0 Å². The Bertz CT molecular complexity index is 298. The van der Waals surface area contributed by atoms with Crippen LogP contribution in [-0.4, -0.2) is 31.0 Å². The summed E-state index contributed by atoms with van der Waals surface area (Å²) >= 11 is 0. The molecule has 0 aliphatic heterocycles. The average molecular weight is 414 g/mol. The van der Waals surface area contributed by atoms with Crippen molar-refractivity contribution in [3.63, 3.8) is 0 Å². The van der Waals surface area contributed by atoms with Crippen molar-refractivity contribution < 1.29 is 9.84 Å². The second-order valence-electron chi connectivity index (χ2n) is 9.20. The van der Waals surface area contributed by atoms with Crippen LogP contribution in [-0.2, 0) is 4.74 Å². The summed E-state index contributed by atoms with van der Waals surface area (Å²) in [5.41, 5.74) is 5.72. The Balaban J connectivity index is 3.74. The smallest absolute Gasteiger partial charge is 0.0639 e. The number of hydrogen-bond donors (Lipinski definition) is 2. The first-order valence-corrected chi connectivity index (χ1v) is 13.2. The molecule has 0 aromatic carbocycles. The number of nitrogens with two attached hydrogens (primary N) is 1. The van der Waals surface area contributed by atoms with Crippen LogP contribution in [0.25, 0.3) is 0 Å². The number of hydrogen-bond acceptors (Lipinski definition) is 3. The maximum Gasteiger partial charge on any atom is 0.0639 e. The molecule has 0 fully saturated rings. The molecular formula is C26H55NO2. The van der Waals surface area contributed by atoms with Gasteiger partial charge in [0.05, 0.1) is 19.3 Å². The zero-order chi connectivity index (χ0) is 21.4. The standard InChI is InChI=1S/C26H55NO2/c1-3-5-7-9-10-11-12-13-14-16-18-20-25(19-17-15-8-6-4-2)21-22-29-24-26(27)23-28/h25-26,28H,3-24,27H2,1-2H3/t25-,26+/m1/s1. The minimum Gasteiger partial charge on any atom is -0.395 e. The van der Waals surface area contributed by atoms with Gasteiger partial charge in [-0.2, -0.15) is 0 Å². The summed E-state index contributed by atoms with van der Waals surface area (Å²) in [5.74, 6) is 0.806. The molecule has 0 amide bonds. The third kappa shape index (κ3) is 22.4. The zero-order valence-electron chi connectivity index (χ0n) is 20.1. The molecule has 0 aromatic rings. The van der Waals surface area contributed by atoms with Crippen LogP contribution < -0.4 is 5.73 Å². The number of unbranched alkanes of at least 4 members (excludes halogenated alkanes) is 14. The quantitative estimate of drug-likeness (QED) is 0.162. The normalized spacial score (nSPS) is 13.7. The van der Waals surface area contributed by atoms with E-state index in [4.69, 9.17) is 15.6 Å².